The quantitative estimate of drug-likeness (QED) is 0.386. The van der Waals surface area contributed by atoms with Gasteiger partial charge in [0.2, 0.25) is 0 Å². The van der Waals surface area contributed by atoms with Crippen molar-refractivity contribution in [3.63, 3.8) is 0 Å². The van der Waals surface area contributed by atoms with E-state index in [1.54, 1.807) is 0 Å². The molecule has 1 aliphatic carbocycles. The molecule has 0 aromatic carbocycles. The molecule has 2 nitrogen and oxygen atoms in total. The molecule has 2 heteroatoms. The molecule has 0 amide bonds. The highest BCUT2D eigenvalue weighted by atomic mass is 16.5. The molecule has 98 valence electrons. The summed E-state index contributed by atoms with van der Waals surface area (Å²) in [5, 5.41) is 13.2. The van der Waals surface area contributed by atoms with Crippen molar-refractivity contribution < 1.29 is 4.65 Å². The second-order valence-electron chi connectivity index (χ2n) is 7.28. The molecule has 1 atom stereocenters. The zero-order valence-corrected chi connectivity index (χ0v) is 11.8. The van der Waals surface area contributed by atoms with Gasteiger partial charge >= 0.3 is 0 Å². The molecule has 0 bridgehead atoms. The Morgan fingerprint density at radius 2 is 1.65 bits per heavy atom. The first-order valence-electron chi connectivity index (χ1n) is 7.03. The Morgan fingerprint density at radius 1 is 1.06 bits per heavy atom. The summed E-state index contributed by atoms with van der Waals surface area (Å²) in [6, 6.07) is 0.209. The van der Waals surface area contributed by atoms with Crippen molar-refractivity contribution >= 4 is 0 Å². The van der Waals surface area contributed by atoms with Gasteiger partial charge < -0.3 is 9.85 Å². The van der Waals surface area contributed by atoms with E-state index in [9.17, 15) is 5.21 Å². The van der Waals surface area contributed by atoms with Crippen LogP contribution in [0.5, 0.6) is 0 Å². The molecule has 0 spiro atoms. The standard InChI is InChI=1S/C15H27NO/c1-14(2)9-8-10-15(3,4)13(14)16(17)11-6-5-7-12-16/h8-9,13H,5-7,10-12H2,1-4H3. The van der Waals surface area contributed by atoms with Gasteiger partial charge in [-0.1, -0.05) is 39.8 Å². The zero-order chi connectivity index (χ0) is 12.7. The number of hydrogen-bond donors (Lipinski definition) is 0. The van der Waals surface area contributed by atoms with E-state index in [4.69, 9.17) is 0 Å². The number of rotatable bonds is 1. The first kappa shape index (κ1) is 13.1. The summed E-state index contributed by atoms with van der Waals surface area (Å²) in [5.74, 6) is 0. The molecule has 0 N–H and O–H groups in total. The van der Waals surface area contributed by atoms with Crippen LogP contribution in [-0.4, -0.2) is 23.8 Å². The van der Waals surface area contributed by atoms with E-state index in [0.717, 1.165) is 32.4 Å². The molecular weight excluding hydrogens is 210 g/mol. The molecule has 0 aromatic heterocycles. The summed E-state index contributed by atoms with van der Waals surface area (Å²) in [7, 11) is 0. The fraction of sp³-hybridized carbons (Fsp3) is 0.867. The molecule has 0 saturated carbocycles. The third-order valence-corrected chi connectivity index (χ3v) is 4.68. The van der Waals surface area contributed by atoms with Gasteiger partial charge in [-0.05, 0) is 25.7 Å². The van der Waals surface area contributed by atoms with Crippen LogP contribution in [0.1, 0.15) is 53.4 Å². The molecule has 17 heavy (non-hydrogen) atoms. The largest absolute Gasteiger partial charge is 0.633 e. The lowest BCUT2D eigenvalue weighted by Crippen LogP contribution is -2.64. The molecule has 1 aliphatic heterocycles. The first-order valence-corrected chi connectivity index (χ1v) is 7.03. The number of nitrogens with zero attached hydrogens (tertiary/aromatic N) is 1. The number of likely N-dealkylation sites (tertiary alicyclic amines) is 1. The van der Waals surface area contributed by atoms with Crippen molar-refractivity contribution in [1.29, 1.82) is 0 Å². The van der Waals surface area contributed by atoms with Crippen molar-refractivity contribution in [2.75, 3.05) is 13.1 Å². The lowest BCUT2D eigenvalue weighted by molar-refractivity contribution is -0.924. The van der Waals surface area contributed by atoms with E-state index >= 15 is 0 Å². The fourth-order valence-corrected chi connectivity index (χ4v) is 4.43. The van der Waals surface area contributed by atoms with Crippen LogP contribution in [0.3, 0.4) is 0 Å². The third-order valence-electron chi connectivity index (χ3n) is 4.68. The predicted octanol–water partition coefficient (Wildman–Crippen LogP) is 3.87. The van der Waals surface area contributed by atoms with Crippen LogP contribution >= 0.6 is 0 Å². The van der Waals surface area contributed by atoms with Gasteiger partial charge in [0.1, 0.15) is 6.04 Å². The monoisotopic (exact) mass is 237 g/mol. The number of piperidine rings is 1. The second-order valence-corrected chi connectivity index (χ2v) is 7.28. The van der Waals surface area contributed by atoms with Crippen molar-refractivity contribution in [2.45, 2.75) is 59.4 Å². The smallest absolute Gasteiger partial charge is 0.103 e. The number of hydrogen-bond acceptors (Lipinski definition) is 1. The van der Waals surface area contributed by atoms with Crippen molar-refractivity contribution in [1.82, 2.24) is 0 Å². The van der Waals surface area contributed by atoms with Crippen LogP contribution in [0, 0.1) is 16.0 Å². The van der Waals surface area contributed by atoms with Gasteiger partial charge in [0.25, 0.3) is 0 Å². The van der Waals surface area contributed by atoms with Gasteiger partial charge in [-0.25, -0.2) is 0 Å². The summed E-state index contributed by atoms with van der Waals surface area (Å²) in [4.78, 5) is 0. The minimum absolute atomic E-state index is 0.0286. The van der Waals surface area contributed by atoms with Gasteiger partial charge in [0, 0.05) is 10.8 Å². The van der Waals surface area contributed by atoms with Crippen LogP contribution in [0.4, 0.5) is 0 Å². The SMILES string of the molecule is CC1(C)C=CCC(C)(C)C1[N+]1([O-])CCCCC1. The average Bonchev–Trinajstić information content (AvgIpc) is 2.14. The zero-order valence-electron chi connectivity index (χ0n) is 11.8. The first-order chi connectivity index (χ1) is 7.78. The Balaban J connectivity index is 2.35. The van der Waals surface area contributed by atoms with Crippen molar-refractivity contribution in [3.05, 3.63) is 17.4 Å². The highest BCUT2D eigenvalue weighted by Gasteiger charge is 2.51. The summed E-state index contributed by atoms with van der Waals surface area (Å²) in [6.45, 7) is 10.7. The highest BCUT2D eigenvalue weighted by molar-refractivity contribution is 5.10. The normalized spacial score (nSPS) is 34.5. The summed E-state index contributed by atoms with van der Waals surface area (Å²) in [6.07, 6.45) is 9.04. The Labute approximate surface area is 106 Å². The van der Waals surface area contributed by atoms with Crippen LogP contribution < -0.4 is 0 Å². The molecule has 2 aliphatic rings. The molecule has 1 fully saturated rings. The van der Waals surface area contributed by atoms with Crippen molar-refractivity contribution in [3.8, 4) is 0 Å². The molecule has 0 aromatic rings. The van der Waals surface area contributed by atoms with E-state index in [2.05, 4.69) is 39.8 Å². The molecule has 1 saturated heterocycles. The van der Waals surface area contributed by atoms with E-state index < -0.39 is 0 Å². The lowest BCUT2D eigenvalue weighted by atomic mass is 9.63. The fourth-order valence-electron chi connectivity index (χ4n) is 4.43. The summed E-state index contributed by atoms with van der Waals surface area (Å²) in [5.41, 5.74) is 0.151. The maximum atomic E-state index is 13.2. The van der Waals surface area contributed by atoms with E-state index in [-0.39, 0.29) is 21.5 Å². The number of quaternary nitrogens is 1. The van der Waals surface area contributed by atoms with Crippen LogP contribution in [0.15, 0.2) is 12.2 Å². The highest BCUT2D eigenvalue weighted by Crippen LogP contribution is 2.48. The van der Waals surface area contributed by atoms with E-state index in [0.29, 0.717) is 0 Å². The Hall–Kier alpha value is -0.340. The maximum Gasteiger partial charge on any atom is 0.103 e. The van der Waals surface area contributed by atoms with Gasteiger partial charge in [0.05, 0.1) is 13.1 Å². The minimum Gasteiger partial charge on any atom is -0.633 e. The average molecular weight is 237 g/mol. The minimum atomic E-state index is 0.0286. The number of allylic oxidation sites excluding steroid dienone is 1. The Bertz CT molecular complexity index is 311. The second kappa shape index (κ2) is 4.10. The van der Waals surface area contributed by atoms with Gasteiger partial charge in [-0.2, -0.15) is 0 Å². The topological polar surface area (TPSA) is 23.1 Å². The van der Waals surface area contributed by atoms with Crippen LogP contribution in [0.25, 0.3) is 0 Å². The van der Waals surface area contributed by atoms with Crippen LogP contribution in [0.2, 0.25) is 0 Å². The number of hydroxylamine groups is 3. The third kappa shape index (κ3) is 2.30. The summed E-state index contributed by atoms with van der Waals surface area (Å²) < 4.78 is 0.0460. The van der Waals surface area contributed by atoms with E-state index in [1.165, 1.54) is 6.42 Å². The van der Waals surface area contributed by atoms with Gasteiger partial charge in [-0.15, -0.1) is 0 Å². The van der Waals surface area contributed by atoms with Crippen LogP contribution in [-0.2, 0) is 0 Å². The van der Waals surface area contributed by atoms with Crippen molar-refractivity contribution in [2.24, 2.45) is 10.8 Å². The maximum absolute atomic E-state index is 13.2. The molecule has 2 rings (SSSR count). The Kier molecular flexibility index (Phi) is 3.16. The molecule has 1 unspecified atom stereocenters. The predicted molar refractivity (Wildman–Crippen MR) is 72.3 cm³/mol. The van der Waals surface area contributed by atoms with E-state index in [1.807, 2.05) is 0 Å². The lowest BCUT2D eigenvalue weighted by Gasteiger charge is -2.61. The molecule has 0 radical (unpaired) electrons. The Morgan fingerprint density at radius 3 is 2.18 bits per heavy atom. The van der Waals surface area contributed by atoms with Gasteiger partial charge in [-0.3, -0.25) is 0 Å². The summed E-state index contributed by atoms with van der Waals surface area (Å²) >= 11 is 0. The van der Waals surface area contributed by atoms with Gasteiger partial charge in [0.15, 0.2) is 0 Å². The molecular formula is C15H27NO. The molecule has 1 heterocycles.